The number of imidazole rings is 1. The molecule has 3 aromatic rings. The standard InChI is InChI=1S/C21H23N3O3S/c1-14-7-3-4-8-15(14)17(11-21(26)27)23-20(25)12-24-18-10-6-5-9-16(18)22-19(24)13-28-2/h3-10,17H,11-13H2,1-2H3,(H,23,25)(H,26,27). The summed E-state index contributed by atoms with van der Waals surface area (Å²) in [5, 5.41) is 12.2. The summed E-state index contributed by atoms with van der Waals surface area (Å²) >= 11 is 1.64. The van der Waals surface area contributed by atoms with Crippen molar-refractivity contribution in [1.29, 1.82) is 0 Å². The van der Waals surface area contributed by atoms with Gasteiger partial charge in [0.25, 0.3) is 0 Å². The van der Waals surface area contributed by atoms with Crippen LogP contribution in [-0.4, -0.2) is 32.8 Å². The van der Waals surface area contributed by atoms with Crippen LogP contribution in [0.3, 0.4) is 0 Å². The van der Waals surface area contributed by atoms with Gasteiger partial charge < -0.3 is 15.0 Å². The van der Waals surface area contributed by atoms with Crippen LogP contribution in [0.15, 0.2) is 48.5 Å². The number of carbonyl (C=O) groups excluding carboxylic acids is 1. The van der Waals surface area contributed by atoms with E-state index >= 15 is 0 Å². The van der Waals surface area contributed by atoms with E-state index in [9.17, 15) is 14.7 Å². The first-order valence-corrected chi connectivity index (χ1v) is 10.4. The fourth-order valence-corrected chi connectivity index (χ4v) is 3.79. The van der Waals surface area contributed by atoms with Crippen molar-refractivity contribution in [2.45, 2.75) is 31.7 Å². The number of hydrogen-bond donors (Lipinski definition) is 2. The fourth-order valence-electron chi connectivity index (χ4n) is 3.32. The predicted molar refractivity (Wildman–Crippen MR) is 111 cm³/mol. The highest BCUT2D eigenvalue weighted by Gasteiger charge is 2.21. The average Bonchev–Trinajstić information content (AvgIpc) is 2.99. The molecule has 1 heterocycles. The molecule has 0 bridgehead atoms. The minimum absolute atomic E-state index is 0.0956. The molecule has 0 fully saturated rings. The summed E-state index contributed by atoms with van der Waals surface area (Å²) < 4.78 is 1.90. The molecular formula is C21H23N3O3S. The number of carboxylic acids is 1. The molecule has 1 unspecified atom stereocenters. The van der Waals surface area contributed by atoms with Gasteiger partial charge in [-0.3, -0.25) is 9.59 Å². The molecule has 3 rings (SSSR count). The number of fused-ring (bicyclic) bond motifs is 1. The van der Waals surface area contributed by atoms with Gasteiger partial charge in [0.1, 0.15) is 12.4 Å². The molecule has 0 saturated heterocycles. The van der Waals surface area contributed by atoms with Gasteiger partial charge in [-0.15, -0.1) is 0 Å². The Labute approximate surface area is 168 Å². The second-order valence-corrected chi connectivity index (χ2v) is 7.48. The lowest BCUT2D eigenvalue weighted by molar-refractivity contribution is -0.137. The zero-order valence-corrected chi connectivity index (χ0v) is 16.7. The Kier molecular flexibility index (Phi) is 6.36. The lowest BCUT2D eigenvalue weighted by Gasteiger charge is -2.20. The molecule has 28 heavy (non-hydrogen) atoms. The Morgan fingerprint density at radius 3 is 2.61 bits per heavy atom. The monoisotopic (exact) mass is 397 g/mol. The normalized spacial score (nSPS) is 12.1. The molecule has 1 atom stereocenters. The SMILES string of the molecule is CSCc1nc2ccccc2n1CC(=O)NC(CC(=O)O)c1ccccc1C. The highest BCUT2D eigenvalue weighted by molar-refractivity contribution is 7.97. The molecule has 2 N–H and O–H groups in total. The fraction of sp³-hybridized carbons (Fsp3) is 0.286. The van der Waals surface area contributed by atoms with E-state index in [0.29, 0.717) is 5.75 Å². The molecule has 6 nitrogen and oxygen atoms in total. The molecule has 1 amide bonds. The van der Waals surface area contributed by atoms with Crippen LogP contribution in [0, 0.1) is 6.92 Å². The van der Waals surface area contributed by atoms with Crippen molar-refractivity contribution in [2.75, 3.05) is 6.26 Å². The smallest absolute Gasteiger partial charge is 0.305 e. The Hall–Kier alpha value is -2.80. The maximum atomic E-state index is 12.8. The van der Waals surface area contributed by atoms with E-state index in [1.807, 2.05) is 66.3 Å². The summed E-state index contributed by atoms with van der Waals surface area (Å²) in [6.45, 7) is 2.01. The minimum Gasteiger partial charge on any atom is -0.481 e. The van der Waals surface area contributed by atoms with Crippen LogP contribution in [0.2, 0.25) is 0 Å². The van der Waals surface area contributed by atoms with Gasteiger partial charge in [0, 0.05) is 0 Å². The van der Waals surface area contributed by atoms with E-state index in [-0.39, 0.29) is 18.9 Å². The van der Waals surface area contributed by atoms with Crippen LogP contribution in [0.5, 0.6) is 0 Å². The van der Waals surface area contributed by atoms with Crippen molar-refractivity contribution >= 4 is 34.7 Å². The number of thioether (sulfide) groups is 1. The summed E-state index contributed by atoms with van der Waals surface area (Å²) in [5.41, 5.74) is 3.51. The number of aromatic nitrogens is 2. The summed E-state index contributed by atoms with van der Waals surface area (Å²) in [6, 6.07) is 14.6. The summed E-state index contributed by atoms with van der Waals surface area (Å²) in [4.78, 5) is 28.8. The second-order valence-electron chi connectivity index (χ2n) is 6.61. The van der Waals surface area contributed by atoms with Gasteiger partial charge in [-0.2, -0.15) is 11.8 Å². The Balaban J connectivity index is 1.85. The van der Waals surface area contributed by atoms with Crippen molar-refractivity contribution in [1.82, 2.24) is 14.9 Å². The summed E-state index contributed by atoms with van der Waals surface area (Å²) in [5.74, 6) is 0.331. The van der Waals surface area contributed by atoms with Crippen molar-refractivity contribution < 1.29 is 14.7 Å². The van der Waals surface area contributed by atoms with Gasteiger partial charge in [0.05, 0.1) is 29.2 Å². The van der Waals surface area contributed by atoms with Gasteiger partial charge in [0.15, 0.2) is 0 Å². The number of hydrogen-bond acceptors (Lipinski definition) is 4. The number of aryl methyl sites for hydroxylation is 1. The summed E-state index contributed by atoms with van der Waals surface area (Å²) in [7, 11) is 0. The third-order valence-electron chi connectivity index (χ3n) is 4.59. The molecule has 0 aliphatic rings. The third kappa shape index (κ3) is 4.54. The highest BCUT2D eigenvalue weighted by Crippen LogP contribution is 2.22. The lowest BCUT2D eigenvalue weighted by atomic mass is 9.99. The van der Waals surface area contributed by atoms with Crippen LogP contribution in [-0.2, 0) is 21.9 Å². The Morgan fingerprint density at radius 1 is 1.18 bits per heavy atom. The van der Waals surface area contributed by atoms with Crippen LogP contribution >= 0.6 is 11.8 Å². The number of aliphatic carboxylic acids is 1. The van der Waals surface area contributed by atoms with Gasteiger partial charge in [-0.1, -0.05) is 36.4 Å². The lowest BCUT2D eigenvalue weighted by Crippen LogP contribution is -2.33. The molecule has 2 aromatic carbocycles. The van der Waals surface area contributed by atoms with E-state index < -0.39 is 12.0 Å². The first kappa shape index (κ1) is 19.9. The highest BCUT2D eigenvalue weighted by atomic mass is 32.2. The van der Waals surface area contributed by atoms with Gasteiger partial charge in [0.2, 0.25) is 5.91 Å². The first-order valence-electron chi connectivity index (χ1n) is 8.99. The molecule has 0 spiro atoms. The number of carbonyl (C=O) groups is 2. The first-order chi connectivity index (χ1) is 13.5. The third-order valence-corrected chi connectivity index (χ3v) is 5.13. The van der Waals surface area contributed by atoms with Crippen molar-refractivity contribution in [3.05, 3.63) is 65.5 Å². The Bertz CT molecular complexity index is 999. The molecule has 7 heteroatoms. The summed E-state index contributed by atoms with van der Waals surface area (Å²) in [6.07, 6.45) is 1.82. The number of nitrogens with zero attached hydrogens (tertiary/aromatic N) is 2. The number of nitrogens with one attached hydrogen (secondary N) is 1. The Morgan fingerprint density at radius 2 is 1.89 bits per heavy atom. The molecule has 1 aromatic heterocycles. The number of carboxylic acid groups (broad SMARTS) is 1. The van der Waals surface area contributed by atoms with E-state index in [2.05, 4.69) is 10.3 Å². The van der Waals surface area contributed by atoms with Crippen LogP contribution < -0.4 is 5.32 Å². The van der Waals surface area contributed by atoms with Crippen molar-refractivity contribution in [3.8, 4) is 0 Å². The maximum absolute atomic E-state index is 12.8. The molecule has 0 aliphatic carbocycles. The number of rotatable bonds is 8. The maximum Gasteiger partial charge on any atom is 0.305 e. The van der Waals surface area contributed by atoms with Crippen LogP contribution in [0.25, 0.3) is 11.0 Å². The largest absolute Gasteiger partial charge is 0.481 e. The molecule has 146 valence electrons. The van der Waals surface area contributed by atoms with Crippen LogP contribution in [0.1, 0.15) is 29.4 Å². The van der Waals surface area contributed by atoms with Gasteiger partial charge in [-0.05, 0) is 36.4 Å². The molecule has 0 radical (unpaired) electrons. The van der Waals surface area contributed by atoms with Crippen molar-refractivity contribution in [2.24, 2.45) is 0 Å². The van der Waals surface area contributed by atoms with Crippen molar-refractivity contribution in [3.63, 3.8) is 0 Å². The quantitative estimate of drug-likeness (QED) is 0.607. The average molecular weight is 398 g/mol. The number of amides is 1. The topological polar surface area (TPSA) is 84.2 Å². The molecular weight excluding hydrogens is 374 g/mol. The zero-order valence-electron chi connectivity index (χ0n) is 15.9. The molecule has 0 saturated carbocycles. The number of benzene rings is 2. The van der Waals surface area contributed by atoms with E-state index in [0.717, 1.165) is 28.0 Å². The predicted octanol–water partition coefficient (Wildman–Crippen LogP) is 3.54. The second kappa shape index (κ2) is 8.93. The van der Waals surface area contributed by atoms with E-state index in [1.165, 1.54) is 0 Å². The van der Waals surface area contributed by atoms with Gasteiger partial charge >= 0.3 is 5.97 Å². The van der Waals surface area contributed by atoms with Crippen LogP contribution in [0.4, 0.5) is 0 Å². The molecule has 0 aliphatic heterocycles. The van der Waals surface area contributed by atoms with E-state index in [1.54, 1.807) is 11.8 Å². The zero-order chi connectivity index (χ0) is 20.1. The van der Waals surface area contributed by atoms with E-state index in [4.69, 9.17) is 0 Å². The number of para-hydroxylation sites is 2. The minimum atomic E-state index is -0.954. The van der Waals surface area contributed by atoms with Gasteiger partial charge in [-0.25, -0.2) is 4.98 Å².